The molecule has 27 nitrogen and oxygen atoms in total. The SMILES string of the molecule is CC(CCC(=O)OCc1ccccc1)N1CCN(C(C)CCC(=O)OCc2ccccc2)CC(C)(N)C1.CC1(N)CNCCNC1.CCN(CC)C1(C)CN(C(C)CCC(=O)O)CCN(C(C)CCC(=O)O)C1.CCN(CC)C1(C)CN(C(C)CCC(=O)OCc2ccccc2)CCN(C(C)CCC(=O)OCc2ccccc2)C1.CO.C[C@@H](Br)CCC(=O)OCc1ccccc1. The van der Waals surface area contributed by atoms with Crippen LogP contribution in [-0.4, -0.2) is 298 Å². The smallest absolute Gasteiger partial charge is 0.306 e. The number of benzene rings is 5. The molecule has 0 radical (unpaired) electrons. The minimum atomic E-state index is -0.743. The van der Waals surface area contributed by atoms with Crippen molar-refractivity contribution in [2.24, 2.45) is 11.5 Å². The monoisotopic (exact) mass is 1890 g/mol. The van der Waals surface area contributed by atoms with Crippen LogP contribution >= 0.6 is 15.9 Å². The normalized spacial score (nSPS) is 20.4. The maximum absolute atomic E-state index is 12.5. The van der Waals surface area contributed by atoms with Crippen LogP contribution in [-0.2, 0) is 90.3 Å². The number of aliphatic hydroxyl groups excluding tert-OH is 1. The molecule has 9 rings (SSSR count). The van der Waals surface area contributed by atoms with E-state index in [2.05, 4.69) is 163 Å². The summed E-state index contributed by atoms with van der Waals surface area (Å²) in [5.74, 6) is -2.25. The highest BCUT2D eigenvalue weighted by atomic mass is 79.9. The highest BCUT2D eigenvalue weighted by Crippen LogP contribution is 2.30. The van der Waals surface area contributed by atoms with Gasteiger partial charge in [-0.05, 0) is 168 Å². The van der Waals surface area contributed by atoms with E-state index < -0.39 is 11.9 Å². The van der Waals surface area contributed by atoms with E-state index in [-0.39, 0.29) is 101 Å². The number of aliphatic hydroxyl groups is 1. The topological polar surface area (TPSA) is 328 Å². The van der Waals surface area contributed by atoms with Crippen molar-refractivity contribution in [1.82, 2.24) is 49.8 Å². The fourth-order valence-electron chi connectivity index (χ4n) is 17.1. The molecule has 9 N–H and O–H groups in total. The van der Waals surface area contributed by atoms with Crippen LogP contribution in [0, 0.1) is 0 Å². The molecule has 5 aromatic carbocycles. The zero-order chi connectivity index (χ0) is 96.8. The Bertz CT molecular complexity index is 3740. The van der Waals surface area contributed by atoms with E-state index >= 15 is 0 Å². The quantitative estimate of drug-likeness (QED) is 0.0108. The maximum Gasteiger partial charge on any atom is 0.306 e. The summed E-state index contributed by atoms with van der Waals surface area (Å²) in [5.41, 5.74) is 17.1. The van der Waals surface area contributed by atoms with E-state index in [0.717, 1.165) is 198 Å². The Hall–Kier alpha value is -7.65. The van der Waals surface area contributed by atoms with Gasteiger partial charge in [0.05, 0.1) is 0 Å². The molecule has 4 saturated heterocycles. The third-order valence-electron chi connectivity index (χ3n) is 25.2. The first kappa shape index (κ1) is 116. The lowest BCUT2D eigenvalue weighted by molar-refractivity contribution is -0.146. The van der Waals surface area contributed by atoms with E-state index in [1.54, 1.807) is 0 Å². The number of nitrogens with two attached hydrogens (primary N) is 2. The number of esters is 5. The number of carboxylic acids is 2. The van der Waals surface area contributed by atoms with Crippen molar-refractivity contribution in [3.8, 4) is 0 Å². The molecule has 28 heteroatoms. The zero-order valence-electron chi connectivity index (χ0n) is 82.4. The van der Waals surface area contributed by atoms with E-state index in [9.17, 15) is 33.6 Å². The van der Waals surface area contributed by atoms with Crippen molar-refractivity contribution >= 4 is 57.7 Å². The lowest BCUT2D eigenvalue weighted by atomic mass is 9.96. The number of carbonyl (C=O) groups excluding carboxylic acids is 5. The van der Waals surface area contributed by atoms with Crippen molar-refractivity contribution in [3.63, 3.8) is 0 Å². The molecule has 6 unspecified atom stereocenters. The maximum atomic E-state index is 12.5. The molecule has 0 aromatic heterocycles. The molecule has 7 atom stereocenters. The summed E-state index contributed by atoms with van der Waals surface area (Å²) in [7, 11) is 1.00. The van der Waals surface area contributed by atoms with Crippen LogP contribution in [0.5, 0.6) is 0 Å². The van der Waals surface area contributed by atoms with Crippen molar-refractivity contribution < 1.29 is 72.6 Å². The zero-order valence-corrected chi connectivity index (χ0v) is 84.0. The second-order valence-electron chi connectivity index (χ2n) is 37.0. The summed E-state index contributed by atoms with van der Waals surface area (Å²) in [6, 6.07) is 50.2. The van der Waals surface area contributed by atoms with Crippen LogP contribution in [0.2, 0.25) is 0 Å². The number of rotatable bonds is 43. The number of alkyl halides is 1. The van der Waals surface area contributed by atoms with E-state index in [1.807, 2.05) is 159 Å². The Morgan fingerprint density at radius 1 is 0.344 bits per heavy atom. The van der Waals surface area contributed by atoms with Crippen LogP contribution < -0.4 is 22.1 Å². The van der Waals surface area contributed by atoms with E-state index in [0.29, 0.717) is 82.8 Å². The van der Waals surface area contributed by atoms with Gasteiger partial charge in [0.25, 0.3) is 0 Å². The van der Waals surface area contributed by atoms with Crippen LogP contribution in [0.3, 0.4) is 0 Å². The molecule has 5 aromatic rings. The Morgan fingerprint density at radius 2 is 0.542 bits per heavy atom. The Balaban J connectivity index is 0.000000365. The van der Waals surface area contributed by atoms with Crippen LogP contribution in [0.4, 0.5) is 0 Å². The first-order valence-corrected chi connectivity index (χ1v) is 48.8. The number of nitrogens with zero attached hydrogens (tertiary/aromatic N) is 8. The highest BCUT2D eigenvalue weighted by molar-refractivity contribution is 9.09. The van der Waals surface area contributed by atoms with Crippen LogP contribution in [0.1, 0.15) is 222 Å². The standard InChI is InChI=1S/C34H51N3O4.C30H43N3O4.C20H39N3O4.C12H15BrO2.C6H15N3.CH4O/c1-6-37(7-2)34(5)26-35(28(3)18-20-32(38)40-24-30-14-10-8-11-15-30)22-23-36(27-34)29(4)19-21-33(39)41-25-31-16-12-9-13-17-31;1-24(14-16-28(34)36-20-26-10-6-4-7-11-26)32-18-19-33(23-30(3,31)22-32)25(2)15-17-29(35)37-21-27-12-8-5-9-13-27;1-6-23(7-2)20(5)14-21(16(3)8-10-18(24)25)12-13-22(15-20)17(4)9-11-19(26)27;1-10(13)7-8-12(14)15-9-11-5-3-2-4-6-11;1-6(7)4-8-2-3-9-5-6;1-2/h8-17,28-29H,6-7,18-27H2,1-5H3;4-13,24-25H,14-23,31H2,1-3H3;16-17H,6-15H2,1-5H3,(H,24,25)(H,26,27);2-6,10H,7-9H2,1H3;8-9H,2-5,7H2,1H3;2H,1H3/t;;;10-;;/m...1../s1. The highest BCUT2D eigenvalue weighted by Gasteiger charge is 2.42. The van der Waals surface area contributed by atoms with E-state index in [1.165, 1.54) is 0 Å². The van der Waals surface area contributed by atoms with Crippen LogP contribution in [0.25, 0.3) is 0 Å². The average Bonchev–Trinajstić information content (AvgIpc) is 1.60. The number of aliphatic carboxylic acids is 2. The number of carboxylic acid groups (broad SMARTS) is 2. The van der Waals surface area contributed by atoms with Gasteiger partial charge in [0.1, 0.15) is 33.0 Å². The second kappa shape index (κ2) is 63.6. The first-order chi connectivity index (χ1) is 62.5. The third-order valence-corrected chi connectivity index (χ3v) is 25.7. The van der Waals surface area contributed by atoms with Gasteiger partial charge < -0.3 is 61.1 Å². The Labute approximate surface area is 794 Å². The molecule has 736 valence electrons. The molecular weight excluding hydrogens is 1730 g/mol. The number of halogens is 1. The molecule has 0 saturated carbocycles. The summed E-state index contributed by atoms with van der Waals surface area (Å²) >= 11 is 3.39. The van der Waals surface area contributed by atoms with Gasteiger partial charge in [0.15, 0.2) is 0 Å². The molecular formula is C103H167BrN12O15. The van der Waals surface area contributed by atoms with Gasteiger partial charge in [-0.25, -0.2) is 0 Å². The van der Waals surface area contributed by atoms with Gasteiger partial charge in [-0.1, -0.05) is 202 Å². The van der Waals surface area contributed by atoms with Crippen molar-refractivity contribution in [2.75, 3.05) is 138 Å². The fraction of sp³-hybridized carbons (Fsp3) is 0.641. The number of nitrogens with one attached hydrogen (secondary N) is 2. The summed E-state index contributed by atoms with van der Waals surface area (Å²) in [4.78, 5) is 103. The fourth-order valence-corrected chi connectivity index (χ4v) is 17.4. The predicted molar refractivity (Wildman–Crippen MR) is 527 cm³/mol. The Morgan fingerprint density at radius 3 is 0.740 bits per heavy atom. The van der Waals surface area contributed by atoms with Gasteiger partial charge in [0.2, 0.25) is 0 Å². The summed E-state index contributed by atoms with van der Waals surface area (Å²) in [6.45, 7) is 52.6. The van der Waals surface area contributed by atoms with E-state index in [4.69, 9.17) is 50.5 Å². The molecule has 4 aliphatic heterocycles. The predicted octanol–water partition coefficient (Wildman–Crippen LogP) is 13.7. The third kappa shape index (κ3) is 47.9. The molecule has 0 bridgehead atoms. The lowest BCUT2D eigenvalue weighted by Gasteiger charge is -2.45. The van der Waals surface area contributed by atoms with Crippen molar-refractivity contribution in [3.05, 3.63) is 179 Å². The molecule has 131 heavy (non-hydrogen) atoms. The largest absolute Gasteiger partial charge is 0.481 e. The first-order valence-electron chi connectivity index (χ1n) is 47.9. The molecule has 0 spiro atoms. The minimum absolute atomic E-state index is 0.0375. The van der Waals surface area contributed by atoms with Crippen molar-refractivity contribution in [2.45, 2.75) is 290 Å². The summed E-state index contributed by atoms with van der Waals surface area (Å²) < 4.78 is 27.1. The molecule has 4 heterocycles. The molecule has 0 amide bonds. The van der Waals surface area contributed by atoms with Gasteiger partial charge >= 0.3 is 41.8 Å². The number of hydrogen-bond donors (Lipinski definition) is 7. The molecule has 4 fully saturated rings. The number of hydrogen-bond acceptors (Lipinski definition) is 25. The van der Waals surface area contributed by atoms with Crippen LogP contribution in [0.15, 0.2) is 152 Å². The summed E-state index contributed by atoms with van der Waals surface area (Å²) in [5, 5.41) is 31.5. The number of carbonyl (C=O) groups is 7. The van der Waals surface area contributed by atoms with Gasteiger partial charge in [-0.15, -0.1) is 0 Å². The number of ether oxygens (including phenoxy) is 5. The second-order valence-corrected chi connectivity index (χ2v) is 38.6. The van der Waals surface area contributed by atoms with Gasteiger partial charge in [-0.2, -0.15) is 0 Å². The lowest BCUT2D eigenvalue weighted by Crippen LogP contribution is -2.58. The van der Waals surface area contributed by atoms with Gasteiger partial charge in [0, 0.05) is 220 Å². The van der Waals surface area contributed by atoms with Crippen molar-refractivity contribution in [1.29, 1.82) is 0 Å². The summed E-state index contributed by atoms with van der Waals surface area (Å²) in [6.07, 6.45) is 7.57. The molecule has 4 aliphatic rings. The van der Waals surface area contributed by atoms with Gasteiger partial charge in [-0.3, -0.25) is 72.8 Å². The molecule has 0 aliphatic carbocycles. The Kier molecular flexibility index (Phi) is 56.1. The minimum Gasteiger partial charge on any atom is -0.481 e. The number of likely N-dealkylation sites (N-methyl/N-ethyl adjacent to an activating group) is 2. The average molecular weight is 1890 g/mol.